The van der Waals surface area contributed by atoms with E-state index < -0.39 is 5.91 Å². The Bertz CT molecular complexity index is 1120. The van der Waals surface area contributed by atoms with E-state index in [-0.39, 0.29) is 11.6 Å². The minimum absolute atomic E-state index is 0.235. The number of ether oxygens (including phenoxy) is 2. The Hall–Kier alpha value is -3.58. The van der Waals surface area contributed by atoms with Crippen LogP contribution in [0.1, 0.15) is 11.8 Å². The molecule has 0 aliphatic carbocycles. The first-order valence-electron chi connectivity index (χ1n) is 9.43. The summed E-state index contributed by atoms with van der Waals surface area (Å²) < 4.78 is 10.8. The Morgan fingerprint density at radius 1 is 0.967 bits per heavy atom. The molecule has 2 aromatic carbocycles. The normalized spacial score (nSPS) is 13.7. The van der Waals surface area contributed by atoms with Crippen LogP contribution in [0.25, 0.3) is 5.57 Å². The Balaban J connectivity index is 1.76. The quantitative estimate of drug-likeness (QED) is 0.568. The molecule has 7 heteroatoms. The topological polar surface area (TPSA) is 67.9 Å². The standard InChI is InChI=1S/C23H20N2O4S/c1-3-29-18-10-4-7-15(13-18)24-21-20(19-11-6-12-30-19)22(26)25(23(21)27)16-8-5-9-17(14-16)28-2/h4-14,24H,3H2,1-2H3. The largest absolute Gasteiger partial charge is 0.497 e. The van der Waals surface area contributed by atoms with Crippen LogP contribution in [0.4, 0.5) is 11.4 Å². The van der Waals surface area contributed by atoms with Gasteiger partial charge in [0.25, 0.3) is 11.8 Å². The molecular weight excluding hydrogens is 400 g/mol. The lowest BCUT2D eigenvalue weighted by molar-refractivity contribution is -0.120. The molecule has 0 unspecified atom stereocenters. The fourth-order valence-corrected chi connectivity index (χ4v) is 4.02. The third kappa shape index (κ3) is 3.67. The van der Waals surface area contributed by atoms with Gasteiger partial charge in [0.1, 0.15) is 17.2 Å². The molecule has 2 amide bonds. The maximum Gasteiger partial charge on any atom is 0.282 e. The number of hydrogen-bond donors (Lipinski definition) is 1. The molecule has 1 aliphatic rings. The van der Waals surface area contributed by atoms with E-state index in [0.717, 1.165) is 4.88 Å². The number of carbonyl (C=O) groups excluding carboxylic acids is 2. The average molecular weight is 420 g/mol. The van der Waals surface area contributed by atoms with E-state index in [0.29, 0.717) is 35.1 Å². The number of hydrogen-bond acceptors (Lipinski definition) is 6. The summed E-state index contributed by atoms with van der Waals surface area (Å²) in [6.45, 7) is 2.44. The van der Waals surface area contributed by atoms with Crippen molar-refractivity contribution in [1.82, 2.24) is 0 Å². The highest BCUT2D eigenvalue weighted by molar-refractivity contribution is 7.11. The number of anilines is 2. The van der Waals surface area contributed by atoms with E-state index in [1.165, 1.54) is 16.2 Å². The van der Waals surface area contributed by atoms with E-state index >= 15 is 0 Å². The molecule has 2 heterocycles. The van der Waals surface area contributed by atoms with E-state index in [2.05, 4.69) is 5.32 Å². The maximum atomic E-state index is 13.4. The predicted molar refractivity (Wildman–Crippen MR) is 118 cm³/mol. The van der Waals surface area contributed by atoms with Crippen LogP contribution in [0, 0.1) is 0 Å². The van der Waals surface area contributed by atoms with Gasteiger partial charge in [-0.25, -0.2) is 4.90 Å². The minimum atomic E-state index is -0.418. The monoisotopic (exact) mass is 420 g/mol. The van der Waals surface area contributed by atoms with Gasteiger partial charge in [-0.3, -0.25) is 9.59 Å². The summed E-state index contributed by atoms with van der Waals surface area (Å²) in [5.41, 5.74) is 1.70. The van der Waals surface area contributed by atoms with Crippen LogP contribution in [0.2, 0.25) is 0 Å². The van der Waals surface area contributed by atoms with Crippen LogP contribution in [-0.2, 0) is 9.59 Å². The van der Waals surface area contributed by atoms with E-state index in [1.807, 2.05) is 42.6 Å². The Kier molecular flexibility index (Phi) is 5.54. The Labute approximate surface area is 178 Å². The molecule has 152 valence electrons. The van der Waals surface area contributed by atoms with E-state index in [9.17, 15) is 9.59 Å². The molecule has 0 fully saturated rings. The number of thiophene rings is 1. The van der Waals surface area contributed by atoms with E-state index in [1.54, 1.807) is 37.4 Å². The smallest absolute Gasteiger partial charge is 0.282 e. The van der Waals surface area contributed by atoms with Gasteiger partial charge in [-0.1, -0.05) is 18.2 Å². The molecule has 0 atom stereocenters. The zero-order valence-electron chi connectivity index (χ0n) is 16.5. The molecule has 3 aromatic rings. The molecule has 4 rings (SSSR count). The summed E-state index contributed by atoms with van der Waals surface area (Å²) in [5, 5.41) is 5.03. The number of methoxy groups -OCH3 is 1. The number of amides is 2. The van der Waals surface area contributed by atoms with Gasteiger partial charge in [0, 0.05) is 22.7 Å². The van der Waals surface area contributed by atoms with Gasteiger partial charge >= 0.3 is 0 Å². The molecule has 0 saturated carbocycles. The van der Waals surface area contributed by atoms with Crippen molar-refractivity contribution < 1.29 is 19.1 Å². The molecule has 0 saturated heterocycles. The number of imide groups is 1. The SMILES string of the molecule is CCOc1cccc(NC2=C(c3cccs3)C(=O)N(c3cccc(OC)c3)C2=O)c1. The van der Waals surface area contributed by atoms with Gasteiger partial charge in [0.2, 0.25) is 0 Å². The lowest BCUT2D eigenvalue weighted by Crippen LogP contribution is -2.32. The minimum Gasteiger partial charge on any atom is -0.497 e. The lowest BCUT2D eigenvalue weighted by Gasteiger charge is -2.16. The molecule has 0 spiro atoms. The predicted octanol–water partition coefficient (Wildman–Crippen LogP) is 4.55. The van der Waals surface area contributed by atoms with Crippen LogP contribution in [0.5, 0.6) is 11.5 Å². The summed E-state index contributed by atoms with van der Waals surface area (Å²) >= 11 is 1.41. The van der Waals surface area contributed by atoms with Gasteiger partial charge in [0.05, 0.1) is 25.0 Å². The van der Waals surface area contributed by atoms with Crippen molar-refractivity contribution in [3.63, 3.8) is 0 Å². The number of carbonyl (C=O) groups is 2. The first-order chi connectivity index (χ1) is 14.6. The van der Waals surface area contributed by atoms with E-state index in [4.69, 9.17) is 9.47 Å². The Morgan fingerprint density at radius 2 is 1.77 bits per heavy atom. The highest BCUT2D eigenvalue weighted by Crippen LogP contribution is 2.36. The van der Waals surface area contributed by atoms with Crippen molar-refractivity contribution in [3.05, 3.63) is 76.6 Å². The second kappa shape index (κ2) is 8.42. The lowest BCUT2D eigenvalue weighted by atomic mass is 10.2. The number of nitrogens with zero attached hydrogens (tertiary/aromatic N) is 1. The number of nitrogens with one attached hydrogen (secondary N) is 1. The molecule has 30 heavy (non-hydrogen) atoms. The van der Waals surface area contributed by atoms with Crippen LogP contribution < -0.4 is 19.7 Å². The van der Waals surface area contributed by atoms with Crippen LogP contribution in [0.15, 0.2) is 71.7 Å². The molecule has 1 N–H and O–H groups in total. The van der Waals surface area contributed by atoms with Gasteiger partial charge in [-0.15, -0.1) is 11.3 Å². The first kappa shape index (κ1) is 19.7. The third-order valence-electron chi connectivity index (χ3n) is 4.58. The first-order valence-corrected chi connectivity index (χ1v) is 10.3. The highest BCUT2D eigenvalue weighted by Gasteiger charge is 2.40. The molecule has 1 aliphatic heterocycles. The number of benzene rings is 2. The fraction of sp³-hybridized carbons (Fsp3) is 0.130. The van der Waals surface area contributed by atoms with Crippen molar-refractivity contribution in [3.8, 4) is 11.5 Å². The van der Waals surface area contributed by atoms with Gasteiger partial charge in [0.15, 0.2) is 0 Å². The summed E-state index contributed by atoms with van der Waals surface area (Å²) in [6.07, 6.45) is 0. The molecule has 0 bridgehead atoms. The fourth-order valence-electron chi connectivity index (χ4n) is 3.25. The van der Waals surface area contributed by atoms with Crippen LogP contribution in [-0.4, -0.2) is 25.5 Å². The Morgan fingerprint density at radius 3 is 2.50 bits per heavy atom. The zero-order chi connectivity index (χ0) is 21.1. The van der Waals surface area contributed by atoms with Gasteiger partial charge in [-0.2, -0.15) is 0 Å². The van der Waals surface area contributed by atoms with Gasteiger partial charge in [-0.05, 0) is 42.6 Å². The molecular formula is C23H20N2O4S. The van der Waals surface area contributed by atoms with Crippen LogP contribution >= 0.6 is 11.3 Å². The third-order valence-corrected chi connectivity index (χ3v) is 5.46. The maximum absolute atomic E-state index is 13.4. The van der Waals surface area contributed by atoms with Crippen molar-refractivity contribution in [1.29, 1.82) is 0 Å². The summed E-state index contributed by atoms with van der Waals surface area (Å²) in [6, 6.07) is 17.9. The second-order valence-electron chi connectivity index (χ2n) is 6.46. The van der Waals surface area contributed by atoms with Crippen molar-refractivity contribution in [2.75, 3.05) is 23.9 Å². The van der Waals surface area contributed by atoms with Crippen LogP contribution in [0.3, 0.4) is 0 Å². The van der Waals surface area contributed by atoms with Crippen molar-refractivity contribution >= 4 is 40.1 Å². The molecule has 1 aromatic heterocycles. The molecule has 0 radical (unpaired) electrons. The molecule has 6 nitrogen and oxygen atoms in total. The highest BCUT2D eigenvalue weighted by atomic mass is 32.1. The summed E-state index contributed by atoms with van der Waals surface area (Å²) in [4.78, 5) is 28.6. The summed E-state index contributed by atoms with van der Waals surface area (Å²) in [7, 11) is 1.54. The number of rotatable bonds is 7. The van der Waals surface area contributed by atoms with Crippen molar-refractivity contribution in [2.45, 2.75) is 6.92 Å². The average Bonchev–Trinajstić information content (AvgIpc) is 3.35. The van der Waals surface area contributed by atoms with Gasteiger partial charge < -0.3 is 14.8 Å². The second-order valence-corrected chi connectivity index (χ2v) is 7.41. The zero-order valence-corrected chi connectivity index (χ0v) is 17.4. The summed E-state index contributed by atoms with van der Waals surface area (Å²) in [5.74, 6) is 0.455. The van der Waals surface area contributed by atoms with Crippen molar-refractivity contribution in [2.24, 2.45) is 0 Å².